The van der Waals surface area contributed by atoms with Crippen molar-refractivity contribution in [3.8, 4) is 0 Å². The molecule has 0 spiro atoms. The number of aromatic nitrogens is 2. The van der Waals surface area contributed by atoms with E-state index in [0.717, 1.165) is 45.7 Å². The molecule has 0 radical (unpaired) electrons. The quantitative estimate of drug-likeness (QED) is 0.0353. The minimum atomic E-state index is -0.124. The summed E-state index contributed by atoms with van der Waals surface area (Å²) in [4.78, 5) is 23.3. The van der Waals surface area contributed by atoms with Gasteiger partial charge in [-0.15, -0.1) is 35.3 Å². The van der Waals surface area contributed by atoms with Crippen LogP contribution in [0.25, 0.3) is 21.5 Å². The predicted molar refractivity (Wildman–Crippen MR) is 252 cm³/mol. The van der Waals surface area contributed by atoms with Gasteiger partial charge >= 0.3 is 7.12 Å². The second kappa shape index (κ2) is 18.7. The molecule has 4 aliphatic rings. The molecule has 0 saturated heterocycles. The molecule has 0 bridgehead atoms. The lowest BCUT2D eigenvalue weighted by molar-refractivity contribution is 0.442. The monoisotopic (exact) mass is 828 g/mol. The second-order valence-electron chi connectivity index (χ2n) is 16.9. The normalized spacial score (nSPS) is 15.6. The number of fused-ring (bicyclic) bond motifs is 9. The van der Waals surface area contributed by atoms with E-state index in [1.54, 1.807) is 0 Å². The largest absolute Gasteiger partial charge is 0.522 e. The topological polar surface area (TPSA) is 50.2 Å². The molecule has 10 heteroatoms. The molecule has 6 nitrogen and oxygen atoms in total. The molecule has 2 aromatic heterocycles. The fraction of sp³-hybridized carbons (Fsp3) is 0.521. The number of aliphatic imine (C=N–C) groups is 1. The van der Waals surface area contributed by atoms with Crippen LogP contribution in [0.2, 0.25) is 0 Å². The van der Waals surface area contributed by atoms with E-state index >= 15 is 0 Å². The number of benzene rings is 3. The first kappa shape index (κ1) is 40.3. The second-order valence-corrected chi connectivity index (χ2v) is 20.4. The van der Waals surface area contributed by atoms with Gasteiger partial charge in [0.25, 0.3) is 0 Å². The van der Waals surface area contributed by atoms with Crippen LogP contribution in [0.1, 0.15) is 154 Å². The van der Waals surface area contributed by atoms with Crippen LogP contribution in [0, 0.1) is 0 Å². The van der Waals surface area contributed by atoms with Gasteiger partial charge in [-0.3, -0.25) is 0 Å². The molecule has 3 aromatic carbocycles. The summed E-state index contributed by atoms with van der Waals surface area (Å²) in [5.74, 6) is 6.60. The molecular formula is C48H61BN6S3. The average Bonchev–Trinajstić information content (AvgIpc) is 3.86. The van der Waals surface area contributed by atoms with Crippen molar-refractivity contribution < 1.29 is 0 Å². The standard InChI is InChI=1S/C48H61BN6S3/c1-4-7-10-13-16-19-28-56-34-22-25-37-40(31-34)46-50-44-38-26-23-35(57-29-20-17-14-11-8-5-2)32-41(38)48-52-45-39-27-24-36(58-30-21-18-15-12-9-6-3)33-42(39)47-51-43(37)53(46)49(54(44)48)55(45)47/h22-27,31-33,46H,4-21,28-30H2,1-3H3. The summed E-state index contributed by atoms with van der Waals surface area (Å²) in [6.07, 6.45) is 23.8. The van der Waals surface area contributed by atoms with Crippen LogP contribution in [0.5, 0.6) is 0 Å². The van der Waals surface area contributed by atoms with E-state index in [2.05, 4.69) is 89.1 Å². The SMILES string of the molecule is CCCCCCCCSc1ccc2c(c1)C1N=c3c4ccc(SCCCCCCCC)cc4c4n3B3N1C2=Nc1c2cc(SCCCCCCCC)ccc2c(n13)N=4. The molecular weight excluding hydrogens is 768 g/mol. The van der Waals surface area contributed by atoms with Crippen LogP contribution in [-0.4, -0.2) is 44.0 Å². The Hall–Kier alpha value is -3.08. The molecule has 6 heterocycles. The lowest BCUT2D eigenvalue weighted by Gasteiger charge is -2.39. The molecule has 304 valence electrons. The van der Waals surface area contributed by atoms with Gasteiger partial charge in [-0.25, -0.2) is 15.0 Å². The zero-order valence-electron chi connectivity index (χ0n) is 35.1. The summed E-state index contributed by atoms with van der Waals surface area (Å²) < 4.78 is 4.86. The van der Waals surface area contributed by atoms with Crippen LogP contribution in [-0.2, 0) is 0 Å². The highest BCUT2D eigenvalue weighted by Gasteiger charge is 2.53. The minimum absolute atomic E-state index is 0.104. The number of unbranched alkanes of at least 4 members (excludes halogenated alkanes) is 15. The number of rotatable bonds is 24. The van der Waals surface area contributed by atoms with Crippen molar-refractivity contribution in [1.82, 2.24) is 13.8 Å². The fourth-order valence-corrected chi connectivity index (χ4v) is 12.3. The highest BCUT2D eigenvalue weighted by molar-refractivity contribution is 7.99. The summed E-state index contributed by atoms with van der Waals surface area (Å²) in [5.41, 5.74) is 4.60. The Kier molecular flexibility index (Phi) is 13.0. The van der Waals surface area contributed by atoms with Gasteiger partial charge in [-0.05, 0) is 91.1 Å². The summed E-state index contributed by atoms with van der Waals surface area (Å²) in [5, 5.41) is 4.83. The first-order valence-corrected chi connectivity index (χ1v) is 25.8. The summed E-state index contributed by atoms with van der Waals surface area (Å²) in [7, 11) is -0.104. The first-order chi connectivity index (χ1) is 28.7. The molecule has 0 aliphatic carbocycles. The Bertz CT molecular complexity index is 2420. The van der Waals surface area contributed by atoms with Crippen LogP contribution in [0.3, 0.4) is 0 Å². The van der Waals surface area contributed by atoms with Crippen LogP contribution in [0.4, 0.5) is 11.6 Å². The Morgan fingerprint density at radius 2 is 1.02 bits per heavy atom. The molecule has 4 aliphatic heterocycles. The smallest absolute Gasteiger partial charge is 0.334 e. The van der Waals surface area contributed by atoms with E-state index in [9.17, 15) is 0 Å². The number of nitrogens with zero attached hydrogens (tertiary/aromatic N) is 6. The third kappa shape index (κ3) is 7.84. The van der Waals surface area contributed by atoms with Crippen molar-refractivity contribution in [3.63, 3.8) is 0 Å². The molecule has 0 N–H and O–H groups in total. The van der Waals surface area contributed by atoms with Crippen molar-refractivity contribution in [1.29, 1.82) is 0 Å². The Balaban J connectivity index is 1.08. The Morgan fingerprint density at radius 3 is 1.64 bits per heavy atom. The Morgan fingerprint density at radius 1 is 0.500 bits per heavy atom. The van der Waals surface area contributed by atoms with E-state index in [1.807, 2.05) is 35.3 Å². The van der Waals surface area contributed by atoms with Crippen molar-refractivity contribution in [2.24, 2.45) is 15.0 Å². The maximum Gasteiger partial charge on any atom is 0.522 e. The van der Waals surface area contributed by atoms with E-state index in [1.165, 1.54) is 163 Å². The van der Waals surface area contributed by atoms with Gasteiger partial charge < -0.3 is 13.8 Å². The zero-order chi connectivity index (χ0) is 39.4. The molecule has 9 rings (SSSR count). The number of amidine groups is 1. The third-order valence-corrected chi connectivity index (χ3v) is 15.8. The van der Waals surface area contributed by atoms with Gasteiger partial charge in [0.2, 0.25) is 0 Å². The molecule has 0 amide bonds. The first-order valence-electron chi connectivity index (χ1n) is 22.9. The van der Waals surface area contributed by atoms with Gasteiger partial charge in [0.05, 0.1) is 0 Å². The van der Waals surface area contributed by atoms with Gasteiger partial charge in [-0.1, -0.05) is 117 Å². The molecule has 1 unspecified atom stereocenters. The average molecular weight is 829 g/mol. The molecule has 58 heavy (non-hydrogen) atoms. The molecule has 5 aromatic rings. The van der Waals surface area contributed by atoms with Crippen LogP contribution in [0.15, 0.2) is 84.3 Å². The predicted octanol–water partition coefficient (Wildman–Crippen LogP) is 13.6. The highest BCUT2D eigenvalue weighted by Crippen LogP contribution is 2.49. The lowest BCUT2D eigenvalue weighted by atomic mass is 9.85. The minimum Gasteiger partial charge on any atom is -0.334 e. The van der Waals surface area contributed by atoms with Gasteiger partial charge in [0.15, 0.2) is 0 Å². The molecule has 0 saturated carbocycles. The van der Waals surface area contributed by atoms with Gasteiger partial charge in [0, 0.05) is 47.4 Å². The zero-order valence-corrected chi connectivity index (χ0v) is 37.6. The van der Waals surface area contributed by atoms with Crippen molar-refractivity contribution in [2.75, 3.05) is 17.3 Å². The number of hydrogen-bond acceptors (Lipinski definition) is 7. The van der Waals surface area contributed by atoms with E-state index in [0.29, 0.717) is 0 Å². The van der Waals surface area contributed by atoms with Crippen LogP contribution >= 0.6 is 35.3 Å². The number of thioether (sulfide) groups is 3. The third-order valence-electron chi connectivity index (χ3n) is 12.6. The fourth-order valence-electron chi connectivity index (χ4n) is 9.45. The van der Waals surface area contributed by atoms with Gasteiger partial charge in [-0.2, -0.15) is 0 Å². The molecule has 0 fully saturated rings. The van der Waals surface area contributed by atoms with Crippen molar-refractivity contribution >= 4 is 81.4 Å². The van der Waals surface area contributed by atoms with Gasteiger partial charge in [0.1, 0.15) is 34.6 Å². The lowest BCUT2D eigenvalue weighted by Crippen LogP contribution is -2.63. The van der Waals surface area contributed by atoms with E-state index in [4.69, 9.17) is 15.0 Å². The maximum atomic E-state index is 5.65. The maximum absolute atomic E-state index is 5.65. The highest BCUT2D eigenvalue weighted by atomic mass is 32.2. The number of hydrogen-bond donors (Lipinski definition) is 0. The summed E-state index contributed by atoms with van der Waals surface area (Å²) in [6.45, 7) is 6.88. The van der Waals surface area contributed by atoms with E-state index in [-0.39, 0.29) is 13.3 Å². The summed E-state index contributed by atoms with van der Waals surface area (Å²) in [6, 6.07) is 21.2. The van der Waals surface area contributed by atoms with Crippen molar-refractivity contribution in [3.05, 3.63) is 76.7 Å². The summed E-state index contributed by atoms with van der Waals surface area (Å²) >= 11 is 6.00. The Labute approximate surface area is 359 Å². The van der Waals surface area contributed by atoms with E-state index < -0.39 is 0 Å². The van der Waals surface area contributed by atoms with Crippen molar-refractivity contribution in [2.45, 2.75) is 157 Å². The van der Waals surface area contributed by atoms with Crippen LogP contribution < -0.4 is 11.0 Å². The molecule has 1 atom stereocenters.